The van der Waals surface area contributed by atoms with Gasteiger partial charge in [-0.2, -0.15) is 0 Å². The SMILES string of the molecule is CC1(NC(=O)C(N)CCS(C)(=O)=O)CC1. The van der Waals surface area contributed by atoms with Crippen molar-refractivity contribution in [3.63, 3.8) is 0 Å². The maximum Gasteiger partial charge on any atom is 0.237 e. The highest BCUT2D eigenvalue weighted by atomic mass is 32.2. The molecule has 0 aliphatic heterocycles. The van der Waals surface area contributed by atoms with Crippen LogP contribution in [0.1, 0.15) is 26.2 Å². The number of nitrogens with one attached hydrogen (secondary N) is 1. The molecule has 1 amide bonds. The molecule has 0 heterocycles. The molecule has 6 heteroatoms. The summed E-state index contributed by atoms with van der Waals surface area (Å²) < 4.78 is 21.7. The largest absolute Gasteiger partial charge is 0.350 e. The van der Waals surface area contributed by atoms with E-state index in [1.165, 1.54) is 0 Å². The van der Waals surface area contributed by atoms with Crippen LogP contribution in [0.15, 0.2) is 0 Å². The zero-order chi connectivity index (χ0) is 11.7. The maximum atomic E-state index is 11.5. The van der Waals surface area contributed by atoms with Gasteiger partial charge in [-0.25, -0.2) is 8.42 Å². The zero-order valence-corrected chi connectivity index (χ0v) is 9.93. The van der Waals surface area contributed by atoms with Gasteiger partial charge in [-0.1, -0.05) is 0 Å². The van der Waals surface area contributed by atoms with E-state index in [4.69, 9.17) is 5.73 Å². The molecule has 1 fully saturated rings. The molecular formula is C9H18N2O3S. The van der Waals surface area contributed by atoms with Crippen molar-refractivity contribution in [2.24, 2.45) is 5.73 Å². The number of nitrogens with two attached hydrogens (primary N) is 1. The van der Waals surface area contributed by atoms with Crippen LogP contribution in [0.4, 0.5) is 0 Å². The van der Waals surface area contributed by atoms with Crippen molar-refractivity contribution < 1.29 is 13.2 Å². The number of rotatable bonds is 5. The van der Waals surface area contributed by atoms with Gasteiger partial charge < -0.3 is 11.1 Å². The highest BCUT2D eigenvalue weighted by Gasteiger charge is 2.39. The summed E-state index contributed by atoms with van der Waals surface area (Å²) in [5.74, 6) is -0.295. The van der Waals surface area contributed by atoms with Crippen molar-refractivity contribution in [1.82, 2.24) is 5.32 Å². The minimum absolute atomic E-state index is 0.0434. The third kappa shape index (κ3) is 4.61. The fourth-order valence-corrected chi connectivity index (χ4v) is 1.86. The van der Waals surface area contributed by atoms with E-state index in [0.717, 1.165) is 19.1 Å². The van der Waals surface area contributed by atoms with E-state index in [9.17, 15) is 13.2 Å². The Morgan fingerprint density at radius 1 is 1.53 bits per heavy atom. The van der Waals surface area contributed by atoms with Crippen LogP contribution in [0.5, 0.6) is 0 Å². The normalized spacial score (nSPS) is 20.7. The van der Waals surface area contributed by atoms with Crippen LogP contribution >= 0.6 is 0 Å². The third-order valence-corrected chi connectivity index (χ3v) is 3.54. The summed E-state index contributed by atoms with van der Waals surface area (Å²) in [5.41, 5.74) is 5.49. The Morgan fingerprint density at radius 2 is 2.07 bits per heavy atom. The first-order valence-corrected chi connectivity index (χ1v) is 7.03. The third-order valence-electron chi connectivity index (χ3n) is 2.56. The molecule has 0 saturated heterocycles. The predicted molar refractivity (Wildman–Crippen MR) is 58.1 cm³/mol. The summed E-state index contributed by atoms with van der Waals surface area (Å²) in [7, 11) is -3.04. The Balaban J connectivity index is 2.33. The van der Waals surface area contributed by atoms with E-state index in [2.05, 4.69) is 5.32 Å². The second-order valence-corrected chi connectivity index (χ2v) is 6.83. The Labute approximate surface area is 90.3 Å². The molecule has 1 rings (SSSR count). The van der Waals surface area contributed by atoms with Crippen LogP contribution in [-0.2, 0) is 14.6 Å². The summed E-state index contributed by atoms with van der Waals surface area (Å²) in [6.45, 7) is 1.95. The first-order chi connectivity index (χ1) is 6.72. The van der Waals surface area contributed by atoms with Gasteiger partial charge in [-0.15, -0.1) is 0 Å². The van der Waals surface area contributed by atoms with E-state index in [0.29, 0.717) is 0 Å². The molecule has 1 atom stereocenters. The molecule has 0 aromatic heterocycles. The van der Waals surface area contributed by atoms with Crippen molar-refractivity contribution in [2.75, 3.05) is 12.0 Å². The Hall–Kier alpha value is -0.620. The van der Waals surface area contributed by atoms with Gasteiger partial charge in [0.05, 0.1) is 11.8 Å². The molecule has 88 valence electrons. The van der Waals surface area contributed by atoms with Crippen LogP contribution in [0.3, 0.4) is 0 Å². The van der Waals surface area contributed by atoms with Crippen LogP contribution in [-0.4, -0.2) is 37.9 Å². The van der Waals surface area contributed by atoms with E-state index in [1.54, 1.807) is 0 Å². The summed E-state index contributed by atoms with van der Waals surface area (Å²) in [6, 6.07) is -0.725. The fourth-order valence-electron chi connectivity index (χ4n) is 1.17. The minimum Gasteiger partial charge on any atom is -0.350 e. The number of carbonyl (C=O) groups is 1. The standard InChI is InChI=1S/C9H18N2O3S/c1-9(4-5-9)11-8(12)7(10)3-6-15(2,13)14/h7H,3-6,10H2,1-2H3,(H,11,12). The molecule has 15 heavy (non-hydrogen) atoms. The van der Waals surface area contributed by atoms with Gasteiger partial charge in [0.25, 0.3) is 0 Å². The Bertz CT molecular complexity index is 346. The van der Waals surface area contributed by atoms with Crippen LogP contribution in [0.25, 0.3) is 0 Å². The van der Waals surface area contributed by atoms with Crippen LogP contribution < -0.4 is 11.1 Å². The summed E-state index contributed by atoms with van der Waals surface area (Å²) in [6.07, 6.45) is 3.26. The topological polar surface area (TPSA) is 89.3 Å². The van der Waals surface area contributed by atoms with Gasteiger partial charge in [-0.05, 0) is 26.2 Å². The monoisotopic (exact) mass is 234 g/mol. The average molecular weight is 234 g/mol. The smallest absolute Gasteiger partial charge is 0.237 e. The molecule has 0 aromatic rings. The molecule has 1 saturated carbocycles. The van der Waals surface area contributed by atoms with E-state index in [-0.39, 0.29) is 23.6 Å². The molecule has 1 aliphatic carbocycles. The van der Waals surface area contributed by atoms with Gasteiger partial charge in [0.1, 0.15) is 9.84 Å². The molecule has 3 N–H and O–H groups in total. The minimum atomic E-state index is -3.04. The summed E-state index contributed by atoms with van der Waals surface area (Å²) >= 11 is 0. The number of amides is 1. The predicted octanol–water partition coefficient (Wildman–Crippen LogP) is -0.583. The van der Waals surface area contributed by atoms with Crippen molar-refractivity contribution in [2.45, 2.75) is 37.8 Å². The lowest BCUT2D eigenvalue weighted by Crippen LogP contribution is -2.46. The quantitative estimate of drug-likeness (QED) is 0.666. The summed E-state index contributed by atoms with van der Waals surface area (Å²) in [4.78, 5) is 11.5. The number of hydrogen-bond acceptors (Lipinski definition) is 4. The molecule has 1 aliphatic rings. The number of hydrogen-bond donors (Lipinski definition) is 2. The highest BCUT2D eigenvalue weighted by Crippen LogP contribution is 2.34. The molecule has 0 aromatic carbocycles. The number of carbonyl (C=O) groups excluding carboxylic acids is 1. The van der Waals surface area contributed by atoms with E-state index in [1.807, 2.05) is 6.92 Å². The molecule has 5 nitrogen and oxygen atoms in total. The zero-order valence-electron chi connectivity index (χ0n) is 9.12. The highest BCUT2D eigenvalue weighted by molar-refractivity contribution is 7.90. The van der Waals surface area contributed by atoms with Crippen molar-refractivity contribution in [1.29, 1.82) is 0 Å². The lowest BCUT2D eigenvalue weighted by atomic mass is 10.2. The fraction of sp³-hybridized carbons (Fsp3) is 0.889. The van der Waals surface area contributed by atoms with Gasteiger partial charge in [0, 0.05) is 11.8 Å². The van der Waals surface area contributed by atoms with Gasteiger partial charge in [0.2, 0.25) is 5.91 Å². The van der Waals surface area contributed by atoms with Crippen LogP contribution in [0, 0.1) is 0 Å². The van der Waals surface area contributed by atoms with Crippen molar-refractivity contribution in [3.05, 3.63) is 0 Å². The lowest BCUT2D eigenvalue weighted by molar-refractivity contribution is -0.123. The molecule has 1 unspecified atom stereocenters. The molecule has 0 radical (unpaired) electrons. The molecule has 0 spiro atoms. The molecule has 0 bridgehead atoms. The van der Waals surface area contributed by atoms with Crippen molar-refractivity contribution >= 4 is 15.7 Å². The van der Waals surface area contributed by atoms with Crippen LogP contribution in [0.2, 0.25) is 0 Å². The van der Waals surface area contributed by atoms with E-state index >= 15 is 0 Å². The van der Waals surface area contributed by atoms with Gasteiger partial charge in [0.15, 0.2) is 0 Å². The van der Waals surface area contributed by atoms with E-state index < -0.39 is 15.9 Å². The first-order valence-electron chi connectivity index (χ1n) is 4.97. The Morgan fingerprint density at radius 3 is 2.47 bits per heavy atom. The first kappa shape index (κ1) is 12.4. The average Bonchev–Trinajstić information content (AvgIpc) is 2.77. The second kappa shape index (κ2) is 4.09. The summed E-state index contributed by atoms with van der Waals surface area (Å²) in [5, 5.41) is 2.81. The van der Waals surface area contributed by atoms with Crippen molar-refractivity contribution in [3.8, 4) is 0 Å². The maximum absolute atomic E-state index is 11.5. The Kier molecular flexibility index (Phi) is 3.40. The molecular weight excluding hydrogens is 216 g/mol. The number of sulfone groups is 1. The van der Waals surface area contributed by atoms with Gasteiger partial charge in [-0.3, -0.25) is 4.79 Å². The van der Waals surface area contributed by atoms with Gasteiger partial charge >= 0.3 is 0 Å². The second-order valence-electron chi connectivity index (χ2n) is 4.57. The lowest BCUT2D eigenvalue weighted by Gasteiger charge is -2.15.